The molecule has 1 atom stereocenters. The molecular formula is C16H18BrN3O. The molecule has 4 nitrogen and oxygen atoms in total. The molecule has 0 spiro atoms. The fraction of sp³-hybridized carbons (Fsp3) is 0.250. The molecule has 110 valence electrons. The van der Waals surface area contributed by atoms with Gasteiger partial charge in [0.2, 0.25) is 0 Å². The molecular weight excluding hydrogens is 330 g/mol. The summed E-state index contributed by atoms with van der Waals surface area (Å²) in [6, 6.07) is 13.4. The number of pyridine rings is 1. The molecule has 0 aliphatic carbocycles. The number of rotatable bonds is 5. The summed E-state index contributed by atoms with van der Waals surface area (Å²) in [6.45, 7) is 2.52. The van der Waals surface area contributed by atoms with Gasteiger partial charge in [-0.25, -0.2) is 4.79 Å². The number of carbonyl (C=O) groups excluding carboxylic acids is 1. The van der Waals surface area contributed by atoms with Gasteiger partial charge in [0.05, 0.1) is 6.04 Å². The van der Waals surface area contributed by atoms with Crippen molar-refractivity contribution in [3.63, 3.8) is 0 Å². The summed E-state index contributed by atoms with van der Waals surface area (Å²) in [4.78, 5) is 16.1. The first-order chi connectivity index (χ1) is 10.2. The molecule has 0 aliphatic rings. The first kappa shape index (κ1) is 15.5. The van der Waals surface area contributed by atoms with Gasteiger partial charge in [0.15, 0.2) is 0 Å². The van der Waals surface area contributed by atoms with Crippen LogP contribution in [0.1, 0.15) is 24.2 Å². The molecule has 0 radical (unpaired) electrons. The van der Waals surface area contributed by atoms with Gasteiger partial charge in [0.1, 0.15) is 0 Å². The summed E-state index contributed by atoms with van der Waals surface area (Å²) < 4.78 is 0.992. The Kier molecular flexibility index (Phi) is 5.75. The summed E-state index contributed by atoms with van der Waals surface area (Å²) in [5.41, 5.74) is 2.02. The second-order valence-electron chi connectivity index (χ2n) is 4.71. The van der Waals surface area contributed by atoms with Gasteiger partial charge in [-0.15, -0.1) is 0 Å². The number of aromatic nitrogens is 1. The highest BCUT2D eigenvalue weighted by Crippen LogP contribution is 2.22. The van der Waals surface area contributed by atoms with E-state index in [1.54, 1.807) is 6.20 Å². The molecule has 1 aromatic carbocycles. The Morgan fingerprint density at radius 3 is 2.71 bits per heavy atom. The van der Waals surface area contributed by atoms with Gasteiger partial charge in [0.25, 0.3) is 0 Å². The van der Waals surface area contributed by atoms with Crippen molar-refractivity contribution < 1.29 is 4.79 Å². The van der Waals surface area contributed by atoms with Crippen LogP contribution in [-0.4, -0.2) is 17.6 Å². The van der Waals surface area contributed by atoms with Crippen molar-refractivity contribution >= 4 is 22.0 Å². The minimum atomic E-state index is -0.172. The lowest BCUT2D eigenvalue weighted by Gasteiger charge is -2.16. The molecule has 0 fully saturated rings. The second kappa shape index (κ2) is 7.78. The third kappa shape index (κ3) is 4.86. The van der Waals surface area contributed by atoms with Crippen molar-refractivity contribution in [1.82, 2.24) is 15.6 Å². The lowest BCUT2D eigenvalue weighted by molar-refractivity contribution is 0.238. The van der Waals surface area contributed by atoms with Crippen molar-refractivity contribution in [2.24, 2.45) is 0 Å². The molecule has 0 saturated heterocycles. The first-order valence-electron chi connectivity index (χ1n) is 6.85. The molecule has 1 aromatic heterocycles. The van der Waals surface area contributed by atoms with E-state index in [9.17, 15) is 4.79 Å². The third-order valence-corrected chi connectivity index (χ3v) is 3.83. The van der Waals surface area contributed by atoms with Crippen LogP contribution in [0.5, 0.6) is 0 Å². The molecule has 2 aromatic rings. The molecule has 0 bridgehead atoms. The van der Waals surface area contributed by atoms with Crippen molar-refractivity contribution in [2.75, 3.05) is 6.54 Å². The smallest absolute Gasteiger partial charge is 0.315 e. The zero-order valence-electron chi connectivity index (χ0n) is 11.8. The molecule has 2 rings (SSSR count). The maximum atomic E-state index is 11.9. The van der Waals surface area contributed by atoms with Crippen LogP contribution in [-0.2, 0) is 6.42 Å². The molecule has 0 aliphatic heterocycles. The van der Waals surface area contributed by atoms with Gasteiger partial charge in [-0.1, -0.05) is 40.2 Å². The van der Waals surface area contributed by atoms with E-state index in [4.69, 9.17) is 0 Å². The van der Waals surface area contributed by atoms with Crippen LogP contribution < -0.4 is 10.6 Å². The van der Waals surface area contributed by atoms with Gasteiger partial charge in [-0.05, 0) is 30.7 Å². The van der Waals surface area contributed by atoms with Crippen LogP contribution in [0, 0.1) is 0 Å². The number of nitrogens with zero attached hydrogens (tertiary/aromatic N) is 1. The summed E-state index contributed by atoms with van der Waals surface area (Å²) >= 11 is 3.49. The summed E-state index contributed by atoms with van der Waals surface area (Å²) in [5.74, 6) is 0. The maximum Gasteiger partial charge on any atom is 0.315 e. The Morgan fingerprint density at radius 2 is 2.00 bits per heavy atom. The van der Waals surface area contributed by atoms with E-state index in [2.05, 4.69) is 31.5 Å². The van der Waals surface area contributed by atoms with E-state index in [0.717, 1.165) is 22.2 Å². The predicted octanol–water partition coefficient (Wildman–Crippen LogP) is 3.45. The molecule has 2 amide bonds. The highest BCUT2D eigenvalue weighted by atomic mass is 79.9. The van der Waals surface area contributed by atoms with E-state index in [1.807, 2.05) is 49.4 Å². The zero-order valence-corrected chi connectivity index (χ0v) is 13.4. The van der Waals surface area contributed by atoms with Crippen molar-refractivity contribution in [3.8, 4) is 0 Å². The number of carbonyl (C=O) groups is 1. The topological polar surface area (TPSA) is 54.0 Å². The Labute approximate surface area is 133 Å². The van der Waals surface area contributed by atoms with Gasteiger partial charge in [0, 0.05) is 29.3 Å². The largest absolute Gasteiger partial charge is 0.338 e. The fourth-order valence-corrected chi connectivity index (χ4v) is 2.63. The average molecular weight is 348 g/mol. The van der Waals surface area contributed by atoms with E-state index < -0.39 is 0 Å². The Morgan fingerprint density at radius 1 is 1.24 bits per heavy atom. The number of nitrogens with one attached hydrogen (secondary N) is 2. The first-order valence-corrected chi connectivity index (χ1v) is 7.65. The molecule has 1 unspecified atom stereocenters. The SMILES string of the molecule is CC(NC(=O)NCCc1ccccn1)c1ccccc1Br. The van der Waals surface area contributed by atoms with Gasteiger partial charge >= 0.3 is 6.03 Å². The highest BCUT2D eigenvalue weighted by Gasteiger charge is 2.11. The fourth-order valence-electron chi connectivity index (χ4n) is 2.00. The Hall–Kier alpha value is -1.88. The Bertz CT molecular complexity index is 589. The molecule has 1 heterocycles. The van der Waals surface area contributed by atoms with E-state index in [1.165, 1.54) is 0 Å². The van der Waals surface area contributed by atoms with Crippen LogP contribution in [0.3, 0.4) is 0 Å². The lowest BCUT2D eigenvalue weighted by Crippen LogP contribution is -2.38. The minimum Gasteiger partial charge on any atom is -0.338 e. The highest BCUT2D eigenvalue weighted by molar-refractivity contribution is 9.10. The molecule has 0 saturated carbocycles. The van der Waals surface area contributed by atoms with Crippen molar-refractivity contribution in [3.05, 3.63) is 64.4 Å². The summed E-state index contributed by atoms with van der Waals surface area (Å²) in [5, 5.41) is 5.77. The molecule has 2 N–H and O–H groups in total. The summed E-state index contributed by atoms with van der Waals surface area (Å²) in [6.07, 6.45) is 2.47. The van der Waals surface area contributed by atoms with Crippen molar-refractivity contribution in [1.29, 1.82) is 0 Å². The van der Waals surface area contributed by atoms with Gasteiger partial charge in [-0.2, -0.15) is 0 Å². The zero-order chi connectivity index (χ0) is 15.1. The van der Waals surface area contributed by atoms with E-state index in [-0.39, 0.29) is 12.1 Å². The summed E-state index contributed by atoms with van der Waals surface area (Å²) in [7, 11) is 0. The normalized spacial score (nSPS) is 11.7. The Balaban J connectivity index is 1.78. The van der Waals surface area contributed by atoms with Crippen LogP contribution in [0.25, 0.3) is 0 Å². The third-order valence-electron chi connectivity index (χ3n) is 3.11. The number of hydrogen-bond acceptors (Lipinski definition) is 2. The number of halogens is 1. The number of urea groups is 1. The quantitative estimate of drug-likeness (QED) is 0.870. The molecule has 21 heavy (non-hydrogen) atoms. The number of benzene rings is 1. The second-order valence-corrected chi connectivity index (χ2v) is 5.57. The lowest BCUT2D eigenvalue weighted by atomic mass is 10.1. The maximum absolute atomic E-state index is 11.9. The van der Waals surface area contributed by atoms with E-state index >= 15 is 0 Å². The molecule has 5 heteroatoms. The van der Waals surface area contributed by atoms with Crippen LogP contribution in [0.15, 0.2) is 53.1 Å². The number of amides is 2. The van der Waals surface area contributed by atoms with E-state index in [0.29, 0.717) is 6.54 Å². The van der Waals surface area contributed by atoms with Gasteiger partial charge in [-0.3, -0.25) is 4.98 Å². The van der Waals surface area contributed by atoms with Crippen LogP contribution in [0.2, 0.25) is 0 Å². The van der Waals surface area contributed by atoms with Gasteiger partial charge < -0.3 is 10.6 Å². The standard InChI is InChI=1S/C16H18BrN3O/c1-12(14-7-2-3-8-15(14)17)20-16(21)19-11-9-13-6-4-5-10-18-13/h2-8,10,12H,9,11H2,1H3,(H2,19,20,21). The minimum absolute atomic E-state index is 0.0598. The average Bonchev–Trinajstić information content (AvgIpc) is 2.48. The monoisotopic (exact) mass is 347 g/mol. The predicted molar refractivity (Wildman–Crippen MR) is 87.0 cm³/mol. The van der Waals surface area contributed by atoms with Crippen LogP contribution >= 0.6 is 15.9 Å². The number of hydrogen-bond donors (Lipinski definition) is 2. The van der Waals surface area contributed by atoms with Crippen molar-refractivity contribution in [2.45, 2.75) is 19.4 Å². The van der Waals surface area contributed by atoms with Crippen LogP contribution in [0.4, 0.5) is 4.79 Å².